The highest BCUT2D eigenvalue weighted by molar-refractivity contribution is 6.22. The Hall–Kier alpha value is -5.26. The Labute approximate surface area is 247 Å². The lowest BCUT2D eigenvalue weighted by Gasteiger charge is -2.37. The molecule has 0 saturated carbocycles. The van der Waals surface area contributed by atoms with E-state index in [-0.39, 0.29) is 35.3 Å². The molecule has 0 aliphatic carbocycles. The first-order chi connectivity index (χ1) is 20.7. The molecule has 12 heteroatoms. The predicted molar refractivity (Wildman–Crippen MR) is 155 cm³/mol. The first-order valence-corrected chi connectivity index (χ1v) is 13.6. The molecule has 2 aliphatic heterocycles. The number of aliphatic carboxylic acids is 1. The second-order valence-electron chi connectivity index (χ2n) is 10.1. The van der Waals surface area contributed by atoms with Crippen LogP contribution in [0.2, 0.25) is 0 Å². The normalized spacial score (nSPS) is 14.7. The van der Waals surface area contributed by atoms with Gasteiger partial charge in [0.05, 0.1) is 19.9 Å². The highest BCUT2D eigenvalue weighted by Gasteiger charge is 2.32. The third-order valence-electron chi connectivity index (χ3n) is 7.43. The molecule has 1 fully saturated rings. The maximum Gasteiger partial charge on any atom is 0.341 e. The fraction of sp³-hybridized carbons (Fsp3) is 0.290. The van der Waals surface area contributed by atoms with Gasteiger partial charge in [-0.15, -0.1) is 0 Å². The van der Waals surface area contributed by atoms with Crippen molar-refractivity contribution in [2.45, 2.75) is 12.8 Å². The molecule has 224 valence electrons. The number of carbonyl (C=O) groups excluding carboxylic acids is 3. The summed E-state index contributed by atoms with van der Waals surface area (Å²) in [6.07, 6.45) is 0.577. The Morgan fingerprint density at radius 3 is 2.26 bits per heavy atom. The van der Waals surface area contributed by atoms with Crippen molar-refractivity contribution >= 4 is 35.1 Å². The number of rotatable bonds is 8. The highest BCUT2D eigenvalue weighted by Crippen LogP contribution is 2.34. The molecular formula is C31H31N3O9. The number of piperazine rings is 1. The van der Waals surface area contributed by atoms with Crippen molar-refractivity contribution in [1.29, 1.82) is 0 Å². The summed E-state index contributed by atoms with van der Waals surface area (Å²) in [4.78, 5) is 55.4. The van der Waals surface area contributed by atoms with Crippen LogP contribution in [0.25, 0.3) is 0 Å². The number of fused-ring (bicyclic) bond motifs is 1. The summed E-state index contributed by atoms with van der Waals surface area (Å²) in [6.45, 7) is 1.57. The zero-order chi connectivity index (χ0) is 30.7. The topological polar surface area (TPSA) is 146 Å². The second-order valence-corrected chi connectivity index (χ2v) is 10.1. The van der Waals surface area contributed by atoms with Gasteiger partial charge in [-0.25, -0.2) is 9.69 Å². The quantitative estimate of drug-likeness (QED) is 0.376. The summed E-state index contributed by atoms with van der Waals surface area (Å²) in [5.41, 5.74) is 2.68. The predicted octanol–water partition coefficient (Wildman–Crippen LogP) is 2.95. The van der Waals surface area contributed by atoms with Crippen molar-refractivity contribution in [3.05, 3.63) is 71.3 Å². The van der Waals surface area contributed by atoms with E-state index in [0.717, 1.165) is 16.2 Å². The van der Waals surface area contributed by atoms with Crippen molar-refractivity contribution in [1.82, 2.24) is 4.90 Å². The SMILES string of the molecule is COc1ccc(C(=O)N2CCN(c3ccc4c(c3)CCC(=O)N4C(=O)c3cc(O)cc(OCC(=O)O)c3)CC2)cc1OC. The zero-order valence-electron chi connectivity index (χ0n) is 23.7. The number of phenolic OH excluding ortho intramolecular Hbond substituents is 1. The van der Waals surface area contributed by atoms with E-state index in [1.165, 1.54) is 25.3 Å². The minimum absolute atomic E-state index is 0.00506. The van der Waals surface area contributed by atoms with E-state index >= 15 is 0 Å². The van der Waals surface area contributed by atoms with Crippen molar-refractivity contribution < 1.29 is 43.6 Å². The number of imide groups is 1. The van der Waals surface area contributed by atoms with E-state index < -0.39 is 18.5 Å². The first kappa shape index (κ1) is 29.2. The third-order valence-corrected chi connectivity index (χ3v) is 7.43. The van der Waals surface area contributed by atoms with Crippen LogP contribution in [0.3, 0.4) is 0 Å². The van der Waals surface area contributed by atoms with E-state index in [2.05, 4.69) is 4.90 Å². The number of carboxylic acids is 1. The number of hydrogen-bond donors (Lipinski definition) is 2. The van der Waals surface area contributed by atoms with Gasteiger partial charge in [0.1, 0.15) is 11.5 Å². The summed E-state index contributed by atoms with van der Waals surface area (Å²) in [6, 6.07) is 14.3. The van der Waals surface area contributed by atoms with Gasteiger partial charge in [-0.2, -0.15) is 0 Å². The summed E-state index contributed by atoms with van der Waals surface area (Å²) < 4.78 is 15.7. The Morgan fingerprint density at radius 1 is 0.814 bits per heavy atom. The van der Waals surface area contributed by atoms with E-state index in [0.29, 0.717) is 55.3 Å². The monoisotopic (exact) mass is 589 g/mol. The van der Waals surface area contributed by atoms with Crippen LogP contribution in [0.1, 0.15) is 32.7 Å². The first-order valence-electron chi connectivity index (χ1n) is 13.6. The maximum atomic E-state index is 13.5. The van der Waals surface area contributed by atoms with Crippen LogP contribution in [0.4, 0.5) is 11.4 Å². The molecule has 0 aromatic heterocycles. The molecule has 0 radical (unpaired) electrons. The van der Waals surface area contributed by atoms with Crippen LogP contribution >= 0.6 is 0 Å². The number of carboxylic acid groups (broad SMARTS) is 1. The Bertz CT molecular complexity index is 1580. The van der Waals surface area contributed by atoms with Crippen molar-refractivity contribution in [3.8, 4) is 23.0 Å². The van der Waals surface area contributed by atoms with Crippen molar-refractivity contribution in [2.75, 3.05) is 56.8 Å². The molecule has 43 heavy (non-hydrogen) atoms. The average molecular weight is 590 g/mol. The third kappa shape index (κ3) is 6.17. The second kappa shape index (κ2) is 12.3. The average Bonchev–Trinajstić information content (AvgIpc) is 3.02. The molecule has 3 aromatic carbocycles. The fourth-order valence-electron chi connectivity index (χ4n) is 5.28. The molecule has 3 aromatic rings. The van der Waals surface area contributed by atoms with E-state index in [4.69, 9.17) is 19.3 Å². The minimum atomic E-state index is -1.21. The number of anilines is 2. The fourth-order valence-corrected chi connectivity index (χ4v) is 5.28. The molecule has 1 saturated heterocycles. The van der Waals surface area contributed by atoms with Crippen LogP contribution in [0.15, 0.2) is 54.6 Å². The molecule has 0 bridgehead atoms. The van der Waals surface area contributed by atoms with Crippen molar-refractivity contribution in [2.24, 2.45) is 0 Å². The molecule has 2 heterocycles. The maximum absolute atomic E-state index is 13.5. The summed E-state index contributed by atoms with van der Waals surface area (Å²) in [5.74, 6) is -1.61. The molecule has 2 N–H and O–H groups in total. The van der Waals surface area contributed by atoms with Gasteiger partial charge in [0, 0.05) is 55.5 Å². The van der Waals surface area contributed by atoms with Gasteiger partial charge in [0.25, 0.3) is 11.8 Å². The number of amides is 3. The minimum Gasteiger partial charge on any atom is -0.508 e. The van der Waals surface area contributed by atoms with Crippen LogP contribution in [0.5, 0.6) is 23.0 Å². The summed E-state index contributed by atoms with van der Waals surface area (Å²) in [5, 5.41) is 19.0. The van der Waals surface area contributed by atoms with Crippen LogP contribution in [0, 0.1) is 0 Å². The number of aromatic hydroxyl groups is 1. The Kier molecular flexibility index (Phi) is 8.37. The van der Waals surface area contributed by atoms with Gasteiger partial charge in [-0.05, 0) is 60.5 Å². The molecular weight excluding hydrogens is 558 g/mol. The van der Waals surface area contributed by atoms with Gasteiger partial charge in [-0.3, -0.25) is 14.4 Å². The van der Waals surface area contributed by atoms with Crippen molar-refractivity contribution in [3.63, 3.8) is 0 Å². The Morgan fingerprint density at radius 2 is 1.56 bits per heavy atom. The molecule has 0 atom stereocenters. The number of methoxy groups -OCH3 is 2. The molecule has 5 rings (SSSR count). The van der Waals surface area contributed by atoms with Crippen LogP contribution in [-0.2, 0) is 16.0 Å². The van der Waals surface area contributed by atoms with Gasteiger partial charge in [0.2, 0.25) is 5.91 Å². The zero-order valence-corrected chi connectivity index (χ0v) is 23.7. The lowest BCUT2D eigenvalue weighted by Crippen LogP contribution is -2.49. The van der Waals surface area contributed by atoms with Gasteiger partial charge in [0.15, 0.2) is 18.1 Å². The lowest BCUT2D eigenvalue weighted by atomic mass is 9.98. The van der Waals surface area contributed by atoms with Gasteiger partial charge >= 0.3 is 5.97 Å². The summed E-state index contributed by atoms with van der Waals surface area (Å²) in [7, 11) is 3.07. The highest BCUT2D eigenvalue weighted by atomic mass is 16.5. The number of benzene rings is 3. The number of nitrogens with zero attached hydrogens (tertiary/aromatic N) is 3. The Balaban J connectivity index is 1.29. The molecule has 2 aliphatic rings. The molecule has 0 spiro atoms. The molecule has 3 amide bonds. The largest absolute Gasteiger partial charge is 0.508 e. The number of phenols is 1. The van der Waals surface area contributed by atoms with E-state index in [1.54, 1.807) is 36.3 Å². The number of ether oxygens (including phenoxy) is 3. The number of hydrogen-bond acceptors (Lipinski definition) is 9. The van der Waals surface area contributed by atoms with Crippen LogP contribution in [-0.4, -0.2) is 85.8 Å². The molecule has 12 nitrogen and oxygen atoms in total. The molecule has 0 unspecified atom stereocenters. The smallest absolute Gasteiger partial charge is 0.341 e. The van der Waals surface area contributed by atoms with E-state index in [1.807, 2.05) is 12.1 Å². The van der Waals surface area contributed by atoms with Gasteiger partial charge < -0.3 is 34.2 Å². The standard InChI is InChI=1S/C31H31N3O9/c1-41-26-7-3-20(16-27(26)42-2)30(39)33-11-9-32(10-12-33)22-5-6-25-19(13-22)4-8-28(36)34(25)31(40)21-14-23(35)17-24(15-21)43-18-29(37)38/h3,5-7,13-17,35H,4,8-12,18H2,1-2H3,(H,37,38). The summed E-state index contributed by atoms with van der Waals surface area (Å²) >= 11 is 0. The van der Waals surface area contributed by atoms with E-state index in [9.17, 15) is 24.3 Å². The number of carbonyl (C=O) groups is 4. The van der Waals surface area contributed by atoms with Gasteiger partial charge in [-0.1, -0.05) is 0 Å². The number of aryl methyl sites for hydroxylation is 1. The lowest BCUT2D eigenvalue weighted by molar-refractivity contribution is -0.139. The van der Waals surface area contributed by atoms with Crippen LogP contribution < -0.4 is 24.0 Å².